The Hall–Kier alpha value is -2.46. The van der Waals surface area contributed by atoms with E-state index >= 15 is 0 Å². The maximum atomic E-state index is 10.6. The van der Waals surface area contributed by atoms with Crippen molar-refractivity contribution in [1.29, 1.82) is 0 Å². The lowest BCUT2D eigenvalue weighted by Crippen LogP contribution is -2.49. The summed E-state index contributed by atoms with van der Waals surface area (Å²) in [4.78, 5) is 2.36. The molecule has 3 aromatic rings. The third-order valence-corrected chi connectivity index (χ3v) is 5.17. The highest BCUT2D eigenvalue weighted by atomic mass is 16.3. The molecule has 3 heteroatoms. The monoisotopic (exact) mass is 360 g/mol. The molecule has 0 radical (unpaired) electrons. The molecule has 0 aromatic heterocycles. The van der Waals surface area contributed by atoms with Crippen molar-refractivity contribution in [3.8, 4) is 0 Å². The van der Waals surface area contributed by atoms with Crippen molar-refractivity contribution in [3.63, 3.8) is 0 Å². The maximum Gasteiger partial charge on any atom is 0.0711 e. The minimum Gasteiger partial charge on any atom is -0.394 e. The van der Waals surface area contributed by atoms with Gasteiger partial charge in [-0.05, 0) is 29.7 Å². The number of aliphatic hydroxyl groups is 1. The third kappa shape index (κ3) is 4.64. The molecule has 0 heterocycles. The minimum absolute atomic E-state index is 0.0217. The molecule has 0 saturated carbocycles. The molecule has 27 heavy (non-hydrogen) atoms. The van der Waals surface area contributed by atoms with Crippen LogP contribution in [0, 0.1) is 0 Å². The highest BCUT2D eigenvalue weighted by Crippen LogP contribution is 2.34. The second-order valence-corrected chi connectivity index (χ2v) is 6.92. The second-order valence-electron chi connectivity index (χ2n) is 6.92. The molecule has 0 aliphatic heterocycles. The quantitative estimate of drug-likeness (QED) is 0.608. The van der Waals surface area contributed by atoms with Crippen molar-refractivity contribution in [2.75, 3.05) is 13.2 Å². The van der Waals surface area contributed by atoms with Gasteiger partial charge in [0.25, 0.3) is 0 Å². The van der Waals surface area contributed by atoms with Crippen LogP contribution >= 0.6 is 0 Å². The van der Waals surface area contributed by atoms with Crippen LogP contribution in [0.5, 0.6) is 0 Å². The van der Waals surface area contributed by atoms with Gasteiger partial charge in [0.1, 0.15) is 0 Å². The van der Waals surface area contributed by atoms with Crippen LogP contribution in [0.4, 0.5) is 0 Å². The third-order valence-electron chi connectivity index (χ3n) is 5.17. The van der Waals surface area contributed by atoms with Crippen molar-refractivity contribution >= 4 is 0 Å². The van der Waals surface area contributed by atoms with Crippen LogP contribution < -0.4 is 5.73 Å². The van der Waals surface area contributed by atoms with Crippen molar-refractivity contribution in [2.45, 2.75) is 25.0 Å². The topological polar surface area (TPSA) is 49.5 Å². The summed E-state index contributed by atoms with van der Waals surface area (Å²) in [5.74, 6) is 0. The molecule has 0 aliphatic rings. The number of hydrogen-bond donors (Lipinski definition) is 2. The molecule has 0 fully saturated rings. The summed E-state index contributed by atoms with van der Waals surface area (Å²) in [5.41, 5.74) is 9.03. The predicted molar refractivity (Wildman–Crippen MR) is 111 cm³/mol. The fourth-order valence-corrected chi connectivity index (χ4v) is 3.71. The summed E-state index contributed by atoms with van der Waals surface area (Å²) in [5, 5.41) is 10.6. The number of nitrogens with two attached hydrogens (primary N) is 1. The van der Waals surface area contributed by atoms with Gasteiger partial charge in [0, 0.05) is 13.1 Å². The molecular weight excluding hydrogens is 332 g/mol. The molecule has 3 aromatic carbocycles. The summed E-state index contributed by atoms with van der Waals surface area (Å²) in [6.45, 7) is 2.01. The van der Waals surface area contributed by atoms with Crippen LogP contribution in [-0.2, 0) is 18.6 Å². The predicted octanol–water partition coefficient (Wildman–Crippen LogP) is 3.93. The molecule has 0 saturated heterocycles. The summed E-state index contributed by atoms with van der Waals surface area (Å²) in [6.07, 6.45) is 0.688. The van der Waals surface area contributed by atoms with Gasteiger partial charge in [0.2, 0.25) is 0 Å². The Morgan fingerprint density at radius 3 is 1.56 bits per heavy atom. The van der Waals surface area contributed by atoms with E-state index in [4.69, 9.17) is 5.73 Å². The fourth-order valence-electron chi connectivity index (χ4n) is 3.71. The number of nitrogens with zero attached hydrogens (tertiary/aromatic N) is 1. The number of aliphatic hydroxyl groups excluding tert-OH is 1. The zero-order valence-electron chi connectivity index (χ0n) is 15.7. The number of rotatable bonds is 9. The Bertz CT molecular complexity index is 751. The molecule has 0 amide bonds. The molecule has 1 atom stereocenters. The van der Waals surface area contributed by atoms with Gasteiger partial charge in [-0.1, -0.05) is 91.0 Å². The standard InChI is InChI=1S/C24H28N2O/c25-17-16-24(20-27,23-14-8-3-9-15-23)26(18-21-10-4-1-5-11-21)19-22-12-6-2-7-13-22/h1-15,27H,16-20,25H2. The Balaban J connectivity index is 2.03. The van der Waals surface area contributed by atoms with Crippen molar-refractivity contribution in [2.24, 2.45) is 5.73 Å². The first kappa shape index (κ1) is 19.3. The Kier molecular flexibility index (Phi) is 6.77. The summed E-state index contributed by atoms with van der Waals surface area (Å²) in [7, 11) is 0. The summed E-state index contributed by atoms with van der Waals surface area (Å²) >= 11 is 0. The number of hydrogen-bond acceptors (Lipinski definition) is 3. The van der Waals surface area contributed by atoms with Crippen molar-refractivity contribution in [1.82, 2.24) is 4.90 Å². The van der Waals surface area contributed by atoms with Crippen molar-refractivity contribution in [3.05, 3.63) is 108 Å². The molecule has 0 spiro atoms. The zero-order valence-corrected chi connectivity index (χ0v) is 15.7. The molecular formula is C24H28N2O. The first-order valence-corrected chi connectivity index (χ1v) is 9.48. The van der Waals surface area contributed by atoms with Crippen LogP contribution in [0.15, 0.2) is 91.0 Å². The molecule has 3 N–H and O–H groups in total. The van der Waals surface area contributed by atoms with Gasteiger partial charge >= 0.3 is 0 Å². The first-order chi connectivity index (χ1) is 13.3. The largest absolute Gasteiger partial charge is 0.394 e. The highest BCUT2D eigenvalue weighted by molar-refractivity contribution is 5.27. The van der Waals surface area contributed by atoms with E-state index in [0.717, 1.165) is 18.7 Å². The van der Waals surface area contributed by atoms with E-state index in [1.54, 1.807) is 0 Å². The van der Waals surface area contributed by atoms with Gasteiger partial charge < -0.3 is 10.8 Å². The molecule has 1 unspecified atom stereocenters. The van der Waals surface area contributed by atoms with Gasteiger partial charge in [-0.3, -0.25) is 4.90 Å². The van der Waals surface area contributed by atoms with E-state index in [9.17, 15) is 5.11 Å². The van der Waals surface area contributed by atoms with Crippen LogP contribution in [0.2, 0.25) is 0 Å². The lowest BCUT2D eigenvalue weighted by molar-refractivity contribution is 0.00715. The lowest BCUT2D eigenvalue weighted by Gasteiger charge is -2.43. The van der Waals surface area contributed by atoms with E-state index in [1.165, 1.54) is 11.1 Å². The van der Waals surface area contributed by atoms with Gasteiger partial charge in [-0.15, -0.1) is 0 Å². The Morgan fingerprint density at radius 1 is 0.704 bits per heavy atom. The van der Waals surface area contributed by atoms with Gasteiger partial charge in [0.15, 0.2) is 0 Å². The summed E-state index contributed by atoms with van der Waals surface area (Å²) < 4.78 is 0. The average Bonchev–Trinajstić information content (AvgIpc) is 2.74. The van der Waals surface area contributed by atoms with Gasteiger partial charge in [-0.25, -0.2) is 0 Å². The molecule has 140 valence electrons. The normalized spacial score (nSPS) is 13.4. The Labute approximate surface area is 162 Å². The minimum atomic E-state index is -0.526. The second kappa shape index (κ2) is 9.47. The van der Waals surface area contributed by atoms with Gasteiger partial charge in [0.05, 0.1) is 12.1 Å². The van der Waals surface area contributed by atoms with Gasteiger partial charge in [-0.2, -0.15) is 0 Å². The fraction of sp³-hybridized carbons (Fsp3) is 0.250. The molecule has 3 nitrogen and oxygen atoms in total. The highest BCUT2D eigenvalue weighted by Gasteiger charge is 2.37. The molecule has 0 aliphatic carbocycles. The van der Waals surface area contributed by atoms with E-state index in [-0.39, 0.29) is 6.61 Å². The van der Waals surface area contributed by atoms with Crippen molar-refractivity contribution < 1.29 is 5.11 Å². The molecule has 0 bridgehead atoms. The molecule has 3 rings (SSSR count). The number of benzene rings is 3. The summed E-state index contributed by atoms with van der Waals surface area (Å²) in [6, 6.07) is 31.1. The van der Waals surface area contributed by atoms with E-state index < -0.39 is 5.54 Å². The SMILES string of the molecule is NCCC(CO)(c1ccccc1)N(Cc1ccccc1)Cc1ccccc1. The van der Waals surface area contributed by atoms with Crippen LogP contribution in [0.1, 0.15) is 23.1 Å². The van der Waals surface area contributed by atoms with Crippen LogP contribution in [0.25, 0.3) is 0 Å². The lowest BCUT2D eigenvalue weighted by atomic mass is 9.84. The maximum absolute atomic E-state index is 10.6. The van der Waals surface area contributed by atoms with E-state index in [0.29, 0.717) is 13.0 Å². The van der Waals surface area contributed by atoms with Crippen LogP contribution in [0.3, 0.4) is 0 Å². The zero-order chi connectivity index (χ0) is 19.0. The van der Waals surface area contributed by atoms with E-state index in [2.05, 4.69) is 65.6 Å². The van der Waals surface area contributed by atoms with Crippen LogP contribution in [-0.4, -0.2) is 23.2 Å². The first-order valence-electron chi connectivity index (χ1n) is 9.48. The average molecular weight is 361 g/mol. The Morgan fingerprint density at radius 2 is 1.15 bits per heavy atom. The van der Waals surface area contributed by atoms with E-state index in [1.807, 2.05) is 30.3 Å². The smallest absolute Gasteiger partial charge is 0.0711 e.